The summed E-state index contributed by atoms with van der Waals surface area (Å²) in [7, 11) is 0. The Labute approximate surface area is 98.0 Å². The van der Waals surface area contributed by atoms with Crippen LogP contribution in [0.3, 0.4) is 0 Å². The van der Waals surface area contributed by atoms with E-state index in [2.05, 4.69) is 15.0 Å². The first-order valence-corrected chi connectivity index (χ1v) is 5.62. The summed E-state index contributed by atoms with van der Waals surface area (Å²) in [6, 6.07) is 1.52. The quantitative estimate of drug-likeness (QED) is 0.832. The molecule has 1 saturated carbocycles. The highest BCUT2D eigenvalue weighted by Gasteiger charge is 2.35. The Morgan fingerprint density at radius 1 is 1.35 bits per heavy atom. The first kappa shape index (κ1) is 11.6. The molecule has 0 aromatic carbocycles. The largest absolute Gasteiger partial charge is 0.481 e. The molecular weight excluding hydrogens is 224 g/mol. The van der Waals surface area contributed by atoms with Crippen LogP contribution in [0.4, 0.5) is 5.82 Å². The van der Waals surface area contributed by atoms with Gasteiger partial charge in [-0.1, -0.05) is 18.0 Å². The molecule has 6 nitrogen and oxygen atoms in total. The fourth-order valence-electron chi connectivity index (χ4n) is 2.24. The van der Waals surface area contributed by atoms with Gasteiger partial charge in [0.2, 0.25) is 5.91 Å². The molecule has 0 spiro atoms. The van der Waals surface area contributed by atoms with Crippen molar-refractivity contribution < 1.29 is 19.2 Å². The monoisotopic (exact) mass is 238 g/mol. The van der Waals surface area contributed by atoms with Gasteiger partial charge < -0.3 is 14.9 Å². The predicted molar refractivity (Wildman–Crippen MR) is 58.2 cm³/mol. The number of nitrogens with zero attached hydrogens (tertiary/aromatic N) is 1. The Balaban J connectivity index is 2.03. The second-order valence-electron chi connectivity index (χ2n) is 4.21. The summed E-state index contributed by atoms with van der Waals surface area (Å²) in [5.41, 5.74) is 0. The van der Waals surface area contributed by atoms with E-state index in [0.29, 0.717) is 18.7 Å². The Kier molecular flexibility index (Phi) is 3.41. The van der Waals surface area contributed by atoms with Crippen molar-refractivity contribution in [2.75, 3.05) is 5.32 Å². The first-order valence-electron chi connectivity index (χ1n) is 5.62. The van der Waals surface area contributed by atoms with E-state index in [1.807, 2.05) is 0 Å². The molecule has 2 atom stereocenters. The molecule has 2 N–H and O–H groups in total. The van der Waals surface area contributed by atoms with E-state index in [0.717, 1.165) is 12.8 Å². The van der Waals surface area contributed by atoms with Gasteiger partial charge in [0.15, 0.2) is 5.82 Å². The predicted octanol–water partition coefficient (Wildman–Crippen LogP) is 1.50. The number of aliphatic carboxylic acids is 1. The Hall–Kier alpha value is -1.85. The molecule has 0 saturated heterocycles. The molecule has 1 aromatic rings. The van der Waals surface area contributed by atoms with E-state index < -0.39 is 17.8 Å². The lowest BCUT2D eigenvalue weighted by atomic mass is 9.79. The number of carboxylic acids is 1. The fraction of sp³-hybridized carbons (Fsp3) is 0.545. The number of amides is 1. The zero-order chi connectivity index (χ0) is 12.3. The van der Waals surface area contributed by atoms with E-state index in [-0.39, 0.29) is 5.91 Å². The SMILES string of the molecule is O=C(O)[C@H]1CCCC[C@@H]1C(=O)Nc1ccon1. The van der Waals surface area contributed by atoms with Crippen LogP contribution in [-0.2, 0) is 9.59 Å². The van der Waals surface area contributed by atoms with Gasteiger partial charge in [-0.15, -0.1) is 0 Å². The third kappa shape index (κ3) is 2.64. The maximum atomic E-state index is 11.9. The van der Waals surface area contributed by atoms with Crippen LogP contribution in [-0.4, -0.2) is 22.1 Å². The summed E-state index contributed by atoms with van der Waals surface area (Å²) in [5, 5.41) is 15.2. The highest BCUT2D eigenvalue weighted by atomic mass is 16.5. The van der Waals surface area contributed by atoms with E-state index in [1.165, 1.54) is 12.3 Å². The van der Waals surface area contributed by atoms with E-state index in [9.17, 15) is 9.59 Å². The molecule has 2 rings (SSSR count). The second kappa shape index (κ2) is 4.99. The lowest BCUT2D eigenvalue weighted by molar-refractivity contribution is -0.147. The average Bonchev–Trinajstić information content (AvgIpc) is 2.81. The Bertz CT molecular complexity index is 402. The van der Waals surface area contributed by atoms with Crippen molar-refractivity contribution in [3.63, 3.8) is 0 Å². The molecule has 1 heterocycles. The summed E-state index contributed by atoms with van der Waals surface area (Å²) < 4.78 is 4.60. The van der Waals surface area contributed by atoms with Gasteiger partial charge in [0.05, 0.1) is 11.8 Å². The highest BCUT2D eigenvalue weighted by molar-refractivity contribution is 5.94. The second-order valence-corrected chi connectivity index (χ2v) is 4.21. The first-order chi connectivity index (χ1) is 8.18. The van der Waals surface area contributed by atoms with Crippen molar-refractivity contribution in [3.05, 3.63) is 12.3 Å². The average molecular weight is 238 g/mol. The number of hydrogen-bond acceptors (Lipinski definition) is 4. The van der Waals surface area contributed by atoms with Crippen molar-refractivity contribution in [1.82, 2.24) is 5.16 Å². The van der Waals surface area contributed by atoms with Crippen LogP contribution in [0, 0.1) is 11.8 Å². The summed E-state index contributed by atoms with van der Waals surface area (Å²) in [6.07, 6.45) is 4.28. The number of carbonyl (C=O) groups is 2. The molecule has 1 fully saturated rings. The lowest BCUT2D eigenvalue weighted by Crippen LogP contribution is -2.36. The molecule has 1 aromatic heterocycles. The molecule has 1 aliphatic rings. The number of rotatable bonds is 3. The molecular formula is C11H14N2O4. The Morgan fingerprint density at radius 2 is 2.06 bits per heavy atom. The third-order valence-electron chi connectivity index (χ3n) is 3.11. The summed E-state index contributed by atoms with van der Waals surface area (Å²) >= 11 is 0. The molecule has 0 radical (unpaired) electrons. The van der Waals surface area contributed by atoms with Gasteiger partial charge in [-0.3, -0.25) is 9.59 Å². The summed E-state index contributed by atoms with van der Waals surface area (Å²) in [6.45, 7) is 0. The van der Waals surface area contributed by atoms with Gasteiger partial charge in [0, 0.05) is 6.07 Å². The van der Waals surface area contributed by atoms with Crippen LogP contribution in [0.25, 0.3) is 0 Å². The van der Waals surface area contributed by atoms with Crippen LogP contribution in [0.15, 0.2) is 16.9 Å². The van der Waals surface area contributed by atoms with Gasteiger partial charge in [-0.25, -0.2) is 0 Å². The molecule has 0 aliphatic heterocycles. The molecule has 6 heteroatoms. The molecule has 0 unspecified atom stereocenters. The van der Waals surface area contributed by atoms with Crippen LogP contribution in [0.2, 0.25) is 0 Å². The van der Waals surface area contributed by atoms with Gasteiger partial charge in [-0.2, -0.15) is 0 Å². The van der Waals surface area contributed by atoms with E-state index in [4.69, 9.17) is 5.11 Å². The maximum absolute atomic E-state index is 11.9. The number of carbonyl (C=O) groups excluding carboxylic acids is 1. The number of nitrogens with one attached hydrogen (secondary N) is 1. The number of aromatic nitrogens is 1. The van der Waals surface area contributed by atoms with Crippen molar-refractivity contribution in [1.29, 1.82) is 0 Å². The highest BCUT2D eigenvalue weighted by Crippen LogP contribution is 2.31. The number of carboxylic acid groups (broad SMARTS) is 1. The molecule has 0 bridgehead atoms. The van der Waals surface area contributed by atoms with E-state index in [1.54, 1.807) is 0 Å². The number of hydrogen-bond donors (Lipinski definition) is 2. The minimum atomic E-state index is -0.898. The lowest BCUT2D eigenvalue weighted by Gasteiger charge is -2.26. The summed E-state index contributed by atoms with van der Waals surface area (Å²) in [5.74, 6) is -1.92. The molecule has 17 heavy (non-hydrogen) atoms. The fourth-order valence-corrected chi connectivity index (χ4v) is 2.24. The van der Waals surface area contributed by atoms with Crippen LogP contribution < -0.4 is 5.32 Å². The Morgan fingerprint density at radius 3 is 2.65 bits per heavy atom. The topological polar surface area (TPSA) is 92.4 Å². The van der Waals surface area contributed by atoms with Crippen molar-refractivity contribution in [2.24, 2.45) is 11.8 Å². The zero-order valence-corrected chi connectivity index (χ0v) is 9.26. The number of anilines is 1. The van der Waals surface area contributed by atoms with Crippen LogP contribution >= 0.6 is 0 Å². The van der Waals surface area contributed by atoms with Crippen LogP contribution in [0.5, 0.6) is 0 Å². The smallest absolute Gasteiger partial charge is 0.307 e. The van der Waals surface area contributed by atoms with Crippen LogP contribution in [0.1, 0.15) is 25.7 Å². The molecule has 92 valence electrons. The third-order valence-corrected chi connectivity index (χ3v) is 3.11. The minimum absolute atomic E-state index is 0.286. The maximum Gasteiger partial charge on any atom is 0.307 e. The van der Waals surface area contributed by atoms with Crippen molar-refractivity contribution in [3.8, 4) is 0 Å². The normalized spacial score (nSPS) is 24.2. The van der Waals surface area contributed by atoms with E-state index >= 15 is 0 Å². The van der Waals surface area contributed by atoms with Gasteiger partial charge in [-0.05, 0) is 12.8 Å². The minimum Gasteiger partial charge on any atom is -0.481 e. The van der Waals surface area contributed by atoms with Crippen molar-refractivity contribution in [2.45, 2.75) is 25.7 Å². The molecule has 1 aliphatic carbocycles. The molecule has 1 amide bonds. The zero-order valence-electron chi connectivity index (χ0n) is 9.26. The van der Waals surface area contributed by atoms with Gasteiger partial charge in [0.25, 0.3) is 0 Å². The van der Waals surface area contributed by atoms with Gasteiger partial charge in [0.1, 0.15) is 6.26 Å². The standard InChI is InChI=1S/C11H14N2O4/c14-10(12-9-5-6-17-13-9)7-3-1-2-4-8(7)11(15)16/h5-8H,1-4H2,(H,15,16)(H,12,13,14)/t7-,8-/m0/s1. The van der Waals surface area contributed by atoms with Crippen molar-refractivity contribution >= 4 is 17.7 Å². The summed E-state index contributed by atoms with van der Waals surface area (Å²) in [4.78, 5) is 23.0. The van der Waals surface area contributed by atoms with Gasteiger partial charge >= 0.3 is 5.97 Å².